The van der Waals surface area contributed by atoms with Crippen LogP contribution in [0.15, 0.2) is 35.3 Å². The predicted molar refractivity (Wildman–Crippen MR) is 128 cm³/mol. The Balaban J connectivity index is 0.000000317. The van der Waals surface area contributed by atoms with Crippen LogP contribution in [0.1, 0.15) is 24.8 Å². The summed E-state index contributed by atoms with van der Waals surface area (Å²) in [5.41, 5.74) is 1.83. The number of carboxylic acids is 2. The third-order valence-corrected chi connectivity index (χ3v) is 6.90. The number of methoxy groups -OCH3 is 1. The van der Waals surface area contributed by atoms with E-state index in [9.17, 15) is 26.3 Å². The van der Waals surface area contributed by atoms with Crippen LogP contribution in [-0.2, 0) is 20.9 Å². The Hall–Kier alpha value is -2.98. The van der Waals surface area contributed by atoms with E-state index in [1.807, 2.05) is 18.5 Å². The molecule has 0 amide bonds. The SMILES string of the molecule is COCC1CC2(CCN(Cc3ccsc3)CC2)CN1c1ncccn1.O=C(O)C(F)(F)F.O=C(O)C(F)(F)F. The Morgan fingerprint density at radius 1 is 1.08 bits per heavy atom. The topological polar surface area (TPSA) is 116 Å². The molecule has 1 spiro atoms. The lowest BCUT2D eigenvalue weighted by atomic mass is 9.76. The second-order valence-electron chi connectivity index (χ2n) is 9.00. The minimum absolute atomic E-state index is 0.382. The molecule has 0 saturated carbocycles. The summed E-state index contributed by atoms with van der Waals surface area (Å²) in [5.74, 6) is -4.66. The van der Waals surface area contributed by atoms with E-state index >= 15 is 0 Å². The number of likely N-dealkylation sites (tertiary alicyclic amines) is 1. The van der Waals surface area contributed by atoms with Crippen LogP contribution < -0.4 is 4.90 Å². The highest BCUT2D eigenvalue weighted by Crippen LogP contribution is 2.44. The minimum Gasteiger partial charge on any atom is -0.475 e. The fourth-order valence-electron chi connectivity index (χ4n) is 4.37. The van der Waals surface area contributed by atoms with E-state index in [0.717, 1.165) is 25.6 Å². The number of halogens is 6. The van der Waals surface area contributed by atoms with Gasteiger partial charge < -0.3 is 19.8 Å². The molecule has 0 aliphatic carbocycles. The van der Waals surface area contributed by atoms with Gasteiger partial charge in [-0.3, -0.25) is 4.90 Å². The average Bonchev–Trinajstić information content (AvgIpc) is 3.49. The van der Waals surface area contributed by atoms with Crippen molar-refractivity contribution in [3.05, 3.63) is 40.8 Å². The second kappa shape index (κ2) is 13.9. The largest absolute Gasteiger partial charge is 0.490 e. The number of carbonyl (C=O) groups is 2. The van der Waals surface area contributed by atoms with E-state index in [2.05, 4.69) is 36.6 Å². The number of aromatic nitrogens is 2. The third-order valence-electron chi connectivity index (χ3n) is 6.17. The Kier molecular flexibility index (Phi) is 11.5. The Bertz CT molecular complexity index is 1010. The molecule has 218 valence electrons. The van der Waals surface area contributed by atoms with Gasteiger partial charge in [0.1, 0.15) is 0 Å². The summed E-state index contributed by atoms with van der Waals surface area (Å²) in [6.45, 7) is 5.25. The van der Waals surface area contributed by atoms with Crippen LogP contribution in [0, 0.1) is 5.41 Å². The maximum atomic E-state index is 10.6. The smallest absolute Gasteiger partial charge is 0.475 e. The van der Waals surface area contributed by atoms with Crippen LogP contribution in [0.25, 0.3) is 0 Å². The number of aliphatic carboxylic acids is 2. The van der Waals surface area contributed by atoms with Crippen LogP contribution in [-0.4, -0.2) is 88.8 Å². The van der Waals surface area contributed by atoms with Crippen molar-refractivity contribution < 1.29 is 50.9 Å². The van der Waals surface area contributed by atoms with Crippen molar-refractivity contribution in [2.75, 3.05) is 38.3 Å². The lowest BCUT2D eigenvalue weighted by Crippen LogP contribution is -2.41. The third kappa shape index (κ3) is 10.3. The molecular formula is C23H28F6N4O5S. The average molecular weight is 587 g/mol. The number of thiophene rings is 1. The molecule has 2 aromatic heterocycles. The molecule has 4 rings (SSSR count). The summed E-state index contributed by atoms with van der Waals surface area (Å²) in [5, 5.41) is 18.7. The molecule has 2 N–H and O–H groups in total. The molecule has 1 unspecified atom stereocenters. The number of carboxylic acid groups (broad SMARTS) is 2. The number of nitrogens with zero attached hydrogens (tertiary/aromatic N) is 4. The number of piperidine rings is 1. The zero-order chi connectivity index (χ0) is 29.3. The fourth-order valence-corrected chi connectivity index (χ4v) is 5.03. The first-order chi connectivity index (χ1) is 18.2. The van der Waals surface area contributed by atoms with Gasteiger partial charge in [0.15, 0.2) is 0 Å². The highest BCUT2D eigenvalue weighted by molar-refractivity contribution is 7.07. The molecule has 2 saturated heterocycles. The molecule has 2 aliphatic rings. The molecule has 0 bridgehead atoms. The summed E-state index contributed by atoms with van der Waals surface area (Å²) < 4.78 is 69.0. The molecule has 9 nitrogen and oxygen atoms in total. The van der Waals surface area contributed by atoms with Gasteiger partial charge in [-0.05, 0) is 66.2 Å². The molecule has 0 aromatic carbocycles. The van der Waals surface area contributed by atoms with E-state index in [1.165, 1.54) is 37.9 Å². The summed E-state index contributed by atoms with van der Waals surface area (Å²) in [6, 6.07) is 4.51. The first kappa shape index (κ1) is 32.2. The van der Waals surface area contributed by atoms with E-state index in [0.29, 0.717) is 11.5 Å². The molecule has 1 atom stereocenters. The lowest BCUT2D eigenvalue weighted by Gasteiger charge is -2.39. The number of ether oxygens (including phenoxy) is 1. The molecule has 16 heteroatoms. The fraction of sp³-hybridized carbons (Fsp3) is 0.565. The van der Waals surface area contributed by atoms with Crippen molar-refractivity contribution >= 4 is 29.2 Å². The molecular weight excluding hydrogens is 558 g/mol. The van der Waals surface area contributed by atoms with Gasteiger partial charge in [0.2, 0.25) is 5.95 Å². The maximum absolute atomic E-state index is 10.6. The van der Waals surface area contributed by atoms with Gasteiger partial charge in [-0.1, -0.05) is 0 Å². The molecule has 39 heavy (non-hydrogen) atoms. The Morgan fingerprint density at radius 2 is 1.62 bits per heavy atom. The summed E-state index contributed by atoms with van der Waals surface area (Å²) in [4.78, 5) is 31.7. The summed E-state index contributed by atoms with van der Waals surface area (Å²) >= 11 is 1.79. The van der Waals surface area contributed by atoms with Crippen LogP contribution in [0.3, 0.4) is 0 Å². The molecule has 2 fully saturated rings. The maximum Gasteiger partial charge on any atom is 0.490 e. The molecule has 2 aromatic rings. The lowest BCUT2D eigenvalue weighted by molar-refractivity contribution is -0.193. The van der Waals surface area contributed by atoms with Crippen molar-refractivity contribution in [3.63, 3.8) is 0 Å². The van der Waals surface area contributed by atoms with E-state index in [1.54, 1.807) is 18.4 Å². The van der Waals surface area contributed by atoms with Crippen LogP contribution >= 0.6 is 11.3 Å². The highest BCUT2D eigenvalue weighted by Gasteiger charge is 2.46. The number of rotatable bonds is 5. The first-order valence-corrected chi connectivity index (χ1v) is 12.5. The van der Waals surface area contributed by atoms with Gasteiger partial charge in [0.05, 0.1) is 12.6 Å². The zero-order valence-electron chi connectivity index (χ0n) is 20.8. The van der Waals surface area contributed by atoms with Crippen molar-refractivity contribution in [3.8, 4) is 0 Å². The van der Waals surface area contributed by atoms with Gasteiger partial charge >= 0.3 is 24.3 Å². The van der Waals surface area contributed by atoms with E-state index in [-0.39, 0.29) is 0 Å². The van der Waals surface area contributed by atoms with Gasteiger partial charge in [-0.15, -0.1) is 0 Å². The number of hydrogen-bond acceptors (Lipinski definition) is 8. The number of alkyl halides is 6. The van der Waals surface area contributed by atoms with Gasteiger partial charge in [-0.25, -0.2) is 19.6 Å². The quantitative estimate of drug-likeness (QED) is 0.495. The number of anilines is 1. The van der Waals surface area contributed by atoms with E-state index < -0.39 is 24.3 Å². The van der Waals surface area contributed by atoms with E-state index in [4.69, 9.17) is 24.5 Å². The Labute approximate surface area is 224 Å². The van der Waals surface area contributed by atoms with Gasteiger partial charge in [0, 0.05) is 32.6 Å². The van der Waals surface area contributed by atoms with Crippen LogP contribution in [0.4, 0.5) is 32.3 Å². The van der Waals surface area contributed by atoms with Crippen molar-refractivity contribution in [1.29, 1.82) is 0 Å². The number of hydrogen-bond donors (Lipinski definition) is 2. The normalized spacial score (nSPS) is 19.1. The predicted octanol–water partition coefficient (Wildman–Crippen LogP) is 4.31. The first-order valence-electron chi connectivity index (χ1n) is 11.5. The van der Waals surface area contributed by atoms with Crippen molar-refractivity contribution in [1.82, 2.24) is 14.9 Å². The van der Waals surface area contributed by atoms with Crippen LogP contribution in [0.2, 0.25) is 0 Å². The van der Waals surface area contributed by atoms with Gasteiger partial charge in [0.25, 0.3) is 0 Å². The minimum atomic E-state index is -5.08. The summed E-state index contributed by atoms with van der Waals surface area (Å²) in [6.07, 6.45) is -2.81. The van der Waals surface area contributed by atoms with Crippen molar-refractivity contribution in [2.24, 2.45) is 5.41 Å². The molecule has 2 aliphatic heterocycles. The highest BCUT2D eigenvalue weighted by atomic mass is 32.1. The standard InChI is InChI=1S/C19H26N4OS.2C2HF3O2/c1-24-13-17-11-19(15-23(17)18-20-6-2-7-21-18)4-8-22(9-5-19)12-16-3-10-25-14-16;2*3-2(4,5)1(6)7/h2-3,6-7,10,14,17H,4-5,8-9,11-13,15H2,1H3;2*(H,6,7). The van der Waals surface area contributed by atoms with Crippen LogP contribution in [0.5, 0.6) is 0 Å². The zero-order valence-corrected chi connectivity index (χ0v) is 21.6. The van der Waals surface area contributed by atoms with Crippen molar-refractivity contribution in [2.45, 2.75) is 44.2 Å². The van der Waals surface area contributed by atoms with Gasteiger partial charge in [-0.2, -0.15) is 37.7 Å². The Morgan fingerprint density at radius 3 is 2.05 bits per heavy atom. The second-order valence-corrected chi connectivity index (χ2v) is 9.78. The molecule has 0 radical (unpaired) electrons. The summed E-state index contributed by atoms with van der Waals surface area (Å²) in [7, 11) is 1.79. The molecule has 4 heterocycles. The monoisotopic (exact) mass is 586 g/mol.